The van der Waals surface area contributed by atoms with Crippen LogP contribution in [-0.4, -0.2) is 20.9 Å². The number of imidazole rings is 1. The van der Waals surface area contributed by atoms with Gasteiger partial charge in [-0.3, -0.25) is 15.1 Å². The third-order valence-corrected chi connectivity index (χ3v) is 2.77. The Morgan fingerprint density at radius 3 is 2.89 bits per heavy atom. The molecule has 2 heterocycles. The van der Waals surface area contributed by atoms with E-state index in [1.54, 1.807) is 6.20 Å². The number of fused-ring (bicyclic) bond motifs is 1. The highest BCUT2D eigenvalue weighted by Crippen LogP contribution is 2.23. The molecule has 0 bridgehead atoms. The normalized spacial score (nSPS) is 10.6. The second-order valence-electron chi connectivity index (χ2n) is 4.24. The van der Waals surface area contributed by atoms with E-state index in [2.05, 4.69) is 20.3 Å². The van der Waals surface area contributed by atoms with Crippen LogP contribution in [0.2, 0.25) is 0 Å². The van der Waals surface area contributed by atoms with Crippen molar-refractivity contribution < 1.29 is 4.79 Å². The monoisotopic (exact) mass is 252 g/mol. The van der Waals surface area contributed by atoms with Crippen LogP contribution < -0.4 is 5.32 Å². The van der Waals surface area contributed by atoms with E-state index in [1.165, 1.54) is 6.92 Å². The summed E-state index contributed by atoms with van der Waals surface area (Å²) in [6, 6.07) is 9.79. The summed E-state index contributed by atoms with van der Waals surface area (Å²) in [5.41, 5.74) is 3.79. The van der Waals surface area contributed by atoms with E-state index in [4.69, 9.17) is 0 Å². The number of nitrogens with zero attached hydrogens (tertiary/aromatic N) is 2. The SMILES string of the molecule is CC(=O)Nc1nc2ccc(-c3cccnc3)cc2[nH]1. The summed E-state index contributed by atoms with van der Waals surface area (Å²) in [6.07, 6.45) is 3.55. The average Bonchev–Trinajstić information content (AvgIpc) is 2.79. The van der Waals surface area contributed by atoms with E-state index in [9.17, 15) is 4.79 Å². The molecule has 1 amide bonds. The molecule has 94 valence electrons. The number of carbonyl (C=O) groups is 1. The van der Waals surface area contributed by atoms with Crippen molar-refractivity contribution in [2.24, 2.45) is 0 Å². The Bertz CT molecular complexity index is 734. The first-order valence-electron chi connectivity index (χ1n) is 5.90. The highest BCUT2D eigenvalue weighted by Gasteiger charge is 2.05. The van der Waals surface area contributed by atoms with Crippen molar-refractivity contribution in [3.05, 3.63) is 42.7 Å². The number of pyridine rings is 1. The van der Waals surface area contributed by atoms with Crippen LogP contribution in [0.15, 0.2) is 42.7 Å². The first kappa shape index (κ1) is 11.4. The Hall–Kier alpha value is -2.69. The first-order valence-corrected chi connectivity index (χ1v) is 5.90. The summed E-state index contributed by atoms with van der Waals surface area (Å²) in [5.74, 6) is 0.317. The number of aromatic amines is 1. The molecule has 0 spiro atoms. The Morgan fingerprint density at radius 1 is 1.26 bits per heavy atom. The van der Waals surface area contributed by atoms with Crippen LogP contribution in [0, 0.1) is 0 Å². The number of anilines is 1. The van der Waals surface area contributed by atoms with Crippen LogP contribution in [0.1, 0.15) is 6.92 Å². The lowest BCUT2D eigenvalue weighted by Crippen LogP contribution is -2.06. The zero-order valence-corrected chi connectivity index (χ0v) is 10.3. The smallest absolute Gasteiger partial charge is 0.223 e. The molecule has 5 nitrogen and oxygen atoms in total. The Balaban J connectivity index is 2.03. The maximum Gasteiger partial charge on any atom is 0.223 e. The van der Waals surface area contributed by atoms with Gasteiger partial charge in [0.1, 0.15) is 0 Å². The van der Waals surface area contributed by atoms with Crippen molar-refractivity contribution in [2.45, 2.75) is 6.92 Å². The van der Waals surface area contributed by atoms with Crippen LogP contribution in [0.25, 0.3) is 22.2 Å². The zero-order valence-electron chi connectivity index (χ0n) is 10.3. The van der Waals surface area contributed by atoms with Gasteiger partial charge in [0.2, 0.25) is 11.9 Å². The number of nitrogens with one attached hydrogen (secondary N) is 2. The number of hydrogen-bond donors (Lipinski definition) is 2. The van der Waals surface area contributed by atoms with Gasteiger partial charge in [-0.2, -0.15) is 0 Å². The Labute approximate surface area is 109 Å². The number of benzene rings is 1. The lowest BCUT2D eigenvalue weighted by atomic mass is 10.1. The molecule has 5 heteroatoms. The van der Waals surface area contributed by atoms with E-state index in [1.807, 2.05) is 36.5 Å². The minimum Gasteiger partial charge on any atom is -0.324 e. The number of amides is 1. The summed E-state index contributed by atoms with van der Waals surface area (Å²) in [4.78, 5) is 22.5. The van der Waals surface area contributed by atoms with Gasteiger partial charge in [-0.15, -0.1) is 0 Å². The fourth-order valence-electron chi connectivity index (χ4n) is 1.95. The Kier molecular flexibility index (Phi) is 2.72. The third-order valence-electron chi connectivity index (χ3n) is 2.77. The van der Waals surface area contributed by atoms with E-state index in [0.717, 1.165) is 22.2 Å². The second-order valence-corrected chi connectivity index (χ2v) is 4.24. The molecule has 2 N–H and O–H groups in total. The molecular formula is C14H12N4O. The molecular weight excluding hydrogens is 240 g/mol. The number of rotatable bonds is 2. The summed E-state index contributed by atoms with van der Waals surface area (Å²) in [6.45, 7) is 1.45. The molecule has 0 aliphatic carbocycles. The average molecular weight is 252 g/mol. The van der Waals surface area contributed by atoms with Crippen molar-refractivity contribution in [3.63, 3.8) is 0 Å². The molecule has 0 fully saturated rings. The van der Waals surface area contributed by atoms with E-state index >= 15 is 0 Å². The lowest BCUT2D eigenvalue weighted by molar-refractivity contribution is -0.114. The fraction of sp³-hybridized carbons (Fsp3) is 0.0714. The van der Waals surface area contributed by atoms with E-state index in [0.29, 0.717) is 5.95 Å². The topological polar surface area (TPSA) is 70.7 Å². The van der Waals surface area contributed by atoms with Gasteiger partial charge in [0.15, 0.2) is 0 Å². The van der Waals surface area contributed by atoms with E-state index < -0.39 is 0 Å². The maximum atomic E-state index is 11.0. The van der Waals surface area contributed by atoms with Crippen LogP contribution in [0.4, 0.5) is 5.95 Å². The zero-order chi connectivity index (χ0) is 13.2. The van der Waals surface area contributed by atoms with Crippen LogP contribution in [-0.2, 0) is 4.79 Å². The number of carbonyl (C=O) groups excluding carboxylic acids is 1. The van der Waals surface area contributed by atoms with Crippen molar-refractivity contribution in [1.82, 2.24) is 15.0 Å². The van der Waals surface area contributed by atoms with Crippen molar-refractivity contribution >= 4 is 22.9 Å². The van der Waals surface area contributed by atoms with Gasteiger partial charge in [-0.05, 0) is 23.8 Å². The highest BCUT2D eigenvalue weighted by atomic mass is 16.1. The molecule has 0 saturated heterocycles. The van der Waals surface area contributed by atoms with Crippen LogP contribution in [0.3, 0.4) is 0 Å². The molecule has 0 radical (unpaired) electrons. The molecule has 1 aromatic carbocycles. The van der Waals surface area contributed by atoms with Gasteiger partial charge in [0.05, 0.1) is 11.0 Å². The third kappa shape index (κ3) is 2.30. The number of aromatic nitrogens is 3. The largest absolute Gasteiger partial charge is 0.324 e. The fourth-order valence-corrected chi connectivity index (χ4v) is 1.95. The van der Waals surface area contributed by atoms with Crippen molar-refractivity contribution in [1.29, 1.82) is 0 Å². The summed E-state index contributed by atoms with van der Waals surface area (Å²) in [5, 5.41) is 2.64. The van der Waals surface area contributed by atoms with Crippen molar-refractivity contribution in [3.8, 4) is 11.1 Å². The predicted octanol–water partition coefficient (Wildman–Crippen LogP) is 2.58. The second kappa shape index (κ2) is 4.53. The predicted molar refractivity (Wildman–Crippen MR) is 73.6 cm³/mol. The van der Waals surface area contributed by atoms with Gasteiger partial charge in [-0.25, -0.2) is 4.98 Å². The van der Waals surface area contributed by atoms with Crippen LogP contribution in [0.5, 0.6) is 0 Å². The summed E-state index contributed by atoms with van der Waals surface area (Å²) < 4.78 is 0. The van der Waals surface area contributed by atoms with Crippen LogP contribution >= 0.6 is 0 Å². The minimum atomic E-state index is -0.147. The van der Waals surface area contributed by atoms with Gasteiger partial charge in [-0.1, -0.05) is 12.1 Å². The first-order chi connectivity index (χ1) is 9.22. The molecule has 2 aromatic heterocycles. The van der Waals surface area contributed by atoms with Gasteiger partial charge in [0.25, 0.3) is 0 Å². The molecule has 0 atom stereocenters. The standard InChI is InChI=1S/C14H12N4O/c1-9(19)16-14-17-12-5-4-10(7-13(12)18-14)11-3-2-6-15-8-11/h2-8H,1H3,(H2,16,17,18,19). The summed E-state index contributed by atoms with van der Waals surface area (Å²) in [7, 11) is 0. The van der Waals surface area contributed by atoms with Gasteiger partial charge >= 0.3 is 0 Å². The minimum absolute atomic E-state index is 0.147. The number of hydrogen-bond acceptors (Lipinski definition) is 3. The number of H-pyrrole nitrogens is 1. The maximum absolute atomic E-state index is 11.0. The highest BCUT2D eigenvalue weighted by molar-refractivity contribution is 5.90. The molecule has 3 rings (SSSR count). The Morgan fingerprint density at radius 2 is 2.16 bits per heavy atom. The molecule has 0 aliphatic rings. The summed E-state index contributed by atoms with van der Waals surface area (Å²) >= 11 is 0. The molecule has 0 unspecified atom stereocenters. The van der Waals surface area contributed by atoms with Gasteiger partial charge in [0, 0.05) is 24.9 Å². The molecule has 3 aromatic rings. The van der Waals surface area contributed by atoms with E-state index in [-0.39, 0.29) is 5.91 Å². The molecule has 0 saturated carbocycles. The molecule has 19 heavy (non-hydrogen) atoms. The quantitative estimate of drug-likeness (QED) is 0.736. The lowest BCUT2D eigenvalue weighted by Gasteiger charge is -1.99. The van der Waals surface area contributed by atoms with Crippen molar-refractivity contribution in [2.75, 3.05) is 5.32 Å². The van der Waals surface area contributed by atoms with Gasteiger partial charge < -0.3 is 4.98 Å². The molecule has 0 aliphatic heterocycles.